The first kappa shape index (κ1) is 25.2. The molecule has 2 heterocycles. The molecule has 4 rings (SSSR count). The van der Waals surface area contributed by atoms with Gasteiger partial charge < -0.3 is 9.15 Å². The Labute approximate surface area is 216 Å². The van der Waals surface area contributed by atoms with E-state index in [2.05, 4.69) is 26.4 Å². The Morgan fingerprint density at radius 1 is 1.08 bits per heavy atom. The Kier molecular flexibility index (Phi) is 7.87. The number of hydrogen-bond acceptors (Lipinski definition) is 7. The quantitative estimate of drug-likeness (QED) is 0.417. The summed E-state index contributed by atoms with van der Waals surface area (Å²) in [7, 11) is 0. The highest BCUT2D eigenvalue weighted by Crippen LogP contribution is 2.30. The molecule has 0 unspecified atom stereocenters. The lowest BCUT2D eigenvalue weighted by Crippen LogP contribution is -2.41. The van der Waals surface area contributed by atoms with E-state index in [1.54, 1.807) is 19.1 Å². The molecule has 1 aliphatic carbocycles. The van der Waals surface area contributed by atoms with Crippen LogP contribution in [0.1, 0.15) is 50.6 Å². The van der Waals surface area contributed by atoms with Crippen molar-refractivity contribution in [3.05, 3.63) is 81.0 Å². The molecule has 0 spiro atoms. The summed E-state index contributed by atoms with van der Waals surface area (Å²) in [5.74, 6) is -0.634. The van der Waals surface area contributed by atoms with Gasteiger partial charge in [0.15, 0.2) is 12.4 Å². The van der Waals surface area contributed by atoms with E-state index in [-0.39, 0.29) is 17.4 Å². The zero-order valence-electron chi connectivity index (χ0n) is 19.1. The molecule has 0 fully saturated rings. The van der Waals surface area contributed by atoms with Crippen molar-refractivity contribution in [2.45, 2.75) is 26.2 Å². The molecular weight excluding hydrogens is 509 g/mol. The van der Waals surface area contributed by atoms with Gasteiger partial charge in [-0.15, -0.1) is 0 Å². The summed E-state index contributed by atoms with van der Waals surface area (Å²) in [6.45, 7) is 1.41. The number of carbonyl (C=O) groups excluding carboxylic acids is 3. The maximum absolute atomic E-state index is 12.7. The maximum atomic E-state index is 12.7. The second-order valence-corrected chi connectivity index (χ2v) is 8.65. The summed E-state index contributed by atoms with van der Waals surface area (Å²) in [6.07, 6.45) is 4.86. The van der Waals surface area contributed by atoms with Crippen molar-refractivity contribution >= 4 is 46.6 Å². The Bertz CT molecular complexity index is 1340. The zero-order valence-corrected chi connectivity index (χ0v) is 20.6. The number of fused-ring (bicyclic) bond motifs is 1. The predicted octanol–water partition coefficient (Wildman–Crippen LogP) is 3.60. The molecule has 3 N–H and O–H groups in total. The smallest absolute Gasteiger partial charge is 0.305 e. The van der Waals surface area contributed by atoms with Crippen LogP contribution in [0.5, 0.6) is 5.75 Å². The number of nitrogens with zero attached hydrogens (tertiary/aromatic N) is 2. The lowest BCUT2D eigenvalue weighted by Gasteiger charge is -2.13. The van der Waals surface area contributed by atoms with Gasteiger partial charge in [-0.25, -0.2) is 5.43 Å². The number of hydrazine groups is 1. The van der Waals surface area contributed by atoms with Gasteiger partial charge in [-0.2, -0.15) is 5.10 Å². The van der Waals surface area contributed by atoms with E-state index in [0.29, 0.717) is 51.8 Å². The van der Waals surface area contributed by atoms with Crippen LogP contribution in [0.25, 0.3) is 0 Å². The topological polar surface area (TPSA) is 135 Å². The lowest BCUT2D eigenvalue weighted by molar-refractivity contribution is -0.123. The minimum absolute atomic E-state index is 0.0525. The van der Waals surface area contributed by atoms with Crippen LogP contribution in [0.15, 0.2) is 52.2 Å². The fraction of sp³-hybridized carbons (Fsp3) is 0.208. The number of nitrogens with one attached hydrogen (secondary N) is 3. The van der Waals surface area contributed by atoms with Gasteiger partial charge in [-0.1, -0.05) is 23.2 Å². The fourth-order valence-electron chi connectivity index (χ4n) is 3.64. The van der Waals surface area contributed by atoms with Crippen molar-refractivity contribution in [2.75, 3.05) is 6.61 Å². The number of halogens is 2. The molecule has 1 aliphatic rings. The fourth-order valence-corrected chi connectivity index (χ4v) is 4.10. The summed E-state index contributed by atoms with van der Waals surface area (Å²) in [4.78, 5) is 41.0. The molecule has 36 heavy (non-hydrogen) atoms. The number of carbonyl (C=O) groups is 3. The number of amides is 3. The van der Waals surface area contributed by atoms with Crippen LogP contribution < -0.4 is 21.0 Å². The number of ether oxygens (including phenoxy) is 1. The van der Waals surface area contributed by atoms with Gasteiger partial charge in [0.2, 0.25) is 0 Å². The minimum Gasteiger partial charge on any atom is -0.482 e. The van der Waals surface area contributed by atoms with Crippen LogP contribution in [-0.4, -0.2) is 35.0 Å². The molecule has 0 saturated carbocycles. The molecule has 1 aromatic carbocycles. The Hall–Kier alpha value is -3.89. The van der Waals surface area contributed by atoms with Crippen molar-refractivity contribution in [2.24, 2.45) is 5.10 Å². The van der Waals surface area contributed by atoms with E-state index in [1.165, 1.54) is 30.6 Å². The van der Waals surface area contributed by atoms with E-state index in [0.717, 1.165) is 6.42 Å². The summed E-state index contributed by atoms with van der Waals surface area (Å²) < 4.78 is 11.2. The molecule has 0 bridgehead atoms. The van der Waals surface area contributed by atoms with Crippen LogP contribution in [0.4, 0.5) is 0 Å². The highest BCUT2D eigenvalue weighted by Gasteiger charge is 2.28. The molecular formula is C24H21Cl2N5O5. The van der Waals surface area contributed by atoms with Gasteiger partial charge in [0.25, 0.3) is 11.8 Å². The first-order chi connectivity index (χ1) is 17.3. The number of benzene rings is 1. The molecule has 0 radical (unpaired) electrons. The maximum Gasteiger partial charge on any atom is 0.305 e. The summed E-state index contributed by atoms with van der Waals surface area (Å²) >= 11 is 11.9. The van der Waals surface area contributed by atoms with Gasteiger partial charge in [0.1, 0.15) is 11.5 Å². The Morgan fingerprint density at radius 2 is 1.83 bits per heavy atom. The highest BCUT2D eigenvalue weighted by atomic mass is 35.5. The third-order valence-electron chi connectivity index (χ3n) is 5.33. The van der Waals surface area contributed by atoms with Gasteiger partial charge in [0.05, 0.1) is 10.7 Å². The average Bonchev–Trinajstić information content (AvgIpc) is 3.23. The van der Waals surface area contributed by atoms with Gasteiger partial charge in [-0.3, -0.25) is 30.2 Å². The molecule has 3 amide bonds. The average molecular weight is 530 g/mol. The molecule has 12 heteroatoms. The normalized spacial score (nSPS) is 13.6. The van der Waals surface area contributed by atoms with E-state index in [1.807, 2.05) is 0 Å². The van der Waals surface area contributed by atoms with Crippen LogP contribution in [0.3, 0.4) is 0 Å². The van der Waals surface area contributed by atoms with E-state index in [9.17, 15) is 14.4 Å². The second-order valence-electron chi connectivity index (χ2n) is 7.81. The molecule has 2 aromatic heterocycles. The van der Waals surface area contributed by atoms with Crippen molar-refractivity contribution in [3.63, 3.8) is 0 Å². The minimum atomic E-state index is -0.610. The number of rotatable bonds is 6. The molecule has 0 aliphatic heterocycles. The lowest BCUT2D eigenvalue weighted by atomic mass is 9.93. The van der Waals surface area contributed by atoms with Gasteiger partial charge in [-0.05, 0) is 50.1 Å². The van der Waals surface area contributed by atoms with Crippen molar-refractivity contribution in [1.82, 2.24) is 21.3 Å². The predicted molar refractivity (Wildman–Crippen MR) is 132 cm³/mol. The third kappa shape index (κ3) is 5.84. The molecule has 0 atom stereocenters. The van der Waals surface area contributed by atoms with Crippen LogP contribution in [0, 0.1) is 6.92 Å². The third-order valence-corrected chi connectivity index (χ3v) is 5.86. The summed E-state index contributed by atoms with van der Waals surface area (Å²) in [6, 6.07) is 7.72. The Balaban J connectivity index is 1.40. The molecule has 10 nitrogen and oxygen atoms in total. The Morgan fingerprint density at radius 3 is 2.58 bits per heavy atom. The van der Waals surface area contributed by atoms with Crippen molar-refractivity contribution in [3.8, 4) is 5.75 Å². The van der Waals surface area contributed by atoms with E-state index in [4.69, 9.17) is 32.4 Å². The SMILES string of the molecule is Cc1c(C(=O)NNC(=O)c2ccncc2)oc2c1/C(=N/NC(=O)COc1ccc(Cl)cc1Cl)CCC2. The highest BCUT2D eigenvalue weighted by molar-refractivity contribution is 6.35. The number of aryl methyl sites for hydroxylation is 1. The first-order valence-corrected chi connectivity index (χ1v) is 11.7. The number of pyridine rings is 1. The van der Waals surface area contributed by atoms with Gasteiger partial charge in [0, 0.05) is 40.5 Å². The number of furan rings is 1. The molecule has 186 valence electrons. The first-order valence-electron chi connectivity index (χ1n) is 10.9. The monoisotopic (exact) mass is 529 g/mol. The van der Waals surface area contributed by atoms with E-state index >= 15 is 0 Å². The number of hydrogen-bond donors (Lipinski definition) is 3. The van der Waals surface area contributed by atoms with E-state index < -0.39 is 17.7 Å². The zero-order chi connectivity index (χ0) is 25.7. The van der Waals surface area contributed by atoms with Crippen LogP contribution in [0.2, 0.25) is 10.0 Å². The number of aromatic nitrogens is 1. The molecule has 3 aromatic rings. The standard InChI is InChI=1S/C24H21Cl2N5O5/c1-13-21-17(28-29-20(32)12-35-18-6-5-15(25)11-16(18)26)3-2-4-19(21)36-22(13)24(34)31-30-23(33)14-7-9-27-10-8-14/h5-11H,2-4,12H2,1H3,(H,29,32)(H,30,33)(H,31,34)/b28-17+. The van der Waals surface area contributed by atoms with Crippen molar-refractivity contribution in [1.29, 1.82) is 0 Å². The summed E-state index contributed by atoms with van der Waals surface area (Å²) in [5, 5.41) is 4.98. The van der Waals surface area contributed by atoms with Crippen LogP contribution >= 0.6 is 23.2 Å². The largest absolute Gasteiger partial charge is 0.482 e. The number of hydrazone groups is 1. The summed E-state index contributed by atoms with van der Waals surface area (Å²) in [5.41, 5.74) is 9.30. The van der Waals surface area contributed by atoms with Gasteiger partial charge >= 0.3 is 5.91 Å². The van der Waals surface area contributed by atoms with Crippen LogP contribution in [-0.2, 0) is 11.2 Å². The van der Waals surface area contributed by atoms with Crippen molar-refractivity contribution < 1.29 is 23.5 Å². The second kappa shape index (κ2) is 11.2. The molecule has 0 saturated heterocycles.